The first-order chi connectivity index (χ1) is 9.00. The summed E-state index contributed by atoms with van der Waals surface area (Å²) in [6, 6.07) is 5.19. The number of hydrogen-bond acceptors (Lipinski definition) is 4. The zero-order chi connectivity index (χ0) is 13.9. The standard InChI is InChI=1S/C14H17BrO4/c1-14(2)8-18-13(19-9-14)7-17-12-5-10(6-16)3-4-11(12)15/h3-6,13H,7-9H2,1-2H3. The first-order valence-electron chi connectivity index (χ1n) is 6.11. The van der Waals surface area contributed by atoms with Crippen LogP contribution in [0.4, 0.5) is 0 Å². The molecule has 1 aromatic carbocycles. The van der Waals surface area contributed by atoms with Gasteiger partial charge in [-0.1, -0.05) is 19.9 Å². The topological polar surface area (TPSA) is 44.8 Å². The minimum absolute atomic E-state index is 0.0501. The van der Waals surface area contributed by atoms with Gasteiger partial charge in [0.15, 0.2) is 6.29 Å². The number of halogens is 1. The van der Waals surface area contributed by atoms with E-state index in [1.165, 1.54) is 0 Å². The molecule has 0 aliphatic carbocycles. The number of carbonyl (C=O) groups excluding carboxylic acids is 1. The molecule has 0 radical (unpaired) electrons. The molecule has 1 heterocycles. The zero-order valence-electron chi connectivity index (χ0n) is 11.0. The van der Waals surface area contributed by atoms with E-state index in [4.69, 9.17) is 14.2 Å². The molecule has 1 aliphatic rings. The van der Waals surface area contributed by atoms with E-state index >= 15 is 0 Å². The van der Waals surface area contributed by atoms with Gasteiger partial charge in [0.2, 0.25) is 0 Å². The summed E-state index contributed by atoms with van der Waals surface area (Å²) in [5, 5.41) is 0. The molecule has 1 fully saturated rings. The van der Waals surface area contributed by atoms with Crippen molar-refractivity contribution < 1.29 is 19.0 Å². The van der Waals surface area contributed by atoms with E-state index in [0.29, 0.717) is 31.1 Å². The van der Waals surface area contributed by atoms with Crippen molar-refractivity contribution in [3.63, 3.8) is 0 Å². The normalized spacial score (nSPS) is 19.1. The van der Waals surface area contributed by atoms with E-state index in [9.17, 15) is 4.79 Å². The van der Waals surface area contributed by atoms with Crippen LogP contribution in [-0.4, -0.2) is 32.4 Å². The number of carbonyl (C=O) groups is 1. The van der Waals surface area contributed by atoms with Crippen LogP contribution in [0.15, 0.2) is 22.7 Å². The summed E-state index contributed by atoms with van der Waals surface area (Å²) < 4.78 is 17.6. The molecule has 0 N–H and O–H groups in total. The summed E-state index contributed by atoms with van der Waals surface area (Å²) in [5.41, 5.74) is 0.624. The van der Waals surface area contributed by atoms with E-state index in [1.807, 2.05) is 0 Å². The third-order valence-electron chi connectivity index (χ3n) is 2.79. The Morgan fingerprint density at radius 3 is 2.74 bits per heavy atom. The van der Waals surface area contributed by atoms with Gasteiger partial charge in [-0.25, -0.2) is 0 Å². The molecule has 19 heavy (non-hydrogen) atoms. The molecular weight excluding hydrogens is 312 g/mol. The second kappa shape index (κ2) is 6.03. The Bertz CT molecular complexity index is 449. The van der Waals surface area contributed by atoms with Crippen molar-refractivity contribution in [2.45, 2.75) is 20.1 Å². The maximum absolute atomic E-state index is 10.7. The fourth-order valence-electron chi connectivity index (χ4n) is 1.68. The number of aldehydes is 1. The fourth-order valence-corrected chi connectivity index (χ4v) is 2.05. The lowest BCUT2D eigenvalue weighted by Crippen LogP contribution is -2.40. The Balaban J connectivity index is 1.91. The fraction of sp³-hybridized carbons (Fsp3) is 0.500. The summed E-state index contributed by atoms with van der Waals surface area (Å²) in [7, 11) is 0. The van der Waals surface area contributed by atoms with Gasteiger partial charge in [0.05, 0.1) is 17.7 Å². The number of benzene rings is 1. The predicted molar refractivity (Wildman–Crippen MR) is 74.5 cm³/mol. The average Bonchev–Trinajstić information content (AvgIpc) is 2.39. The van der Waals surface area contributed by atoms with Crippen molar-refractivity contribution in [1.82, 2.24) is 0 Å². The van der Waals surface area contributed by atoms with E-state index in [-0.39, 0.29) is 11.7 Å². The third-order valence-corrected chi connectivity index (χ3v) is 3.44. The number of ether oxygens (including phenoxy) is 3. The molecular formula is C14H17BrO4. The molecule has 0 spiro atoms. The lowest BCUT2D eigenvalue weighted by molar-refractivity contribution is -0.231. The summed E-state index contributed by atoms with van der Waals surface area (Å²) >= 11 is 3.38. The lowest BCUT2D eigenvalue weighted by Gasteiger charge is -2.34. The highest BCUT2D eigenvalue weighted by atomic mass is 79.9. The molecule has 104 valence electrons. The summed E-state index contributed by atoms with van der Waals surface area (Å²) in [5.74, 6) is 0.613. The zero-order valence-corrected chi connectivity index (χ0v) is 12.6. The van der Waals surface area contributed by atoms with E-state index < -0.39 is 0 Å². The van der Waals surface area contributed by atoms with Crippen LogP contribution >= 0.6 is 15.9 Å². The Kier molecular flexibility index (Phi) is 4.60. The quantitative estimate of drug-likeness (QED) is 0.797. The smallest absolute Gasteiger partial charge is 0.191 e. The maximum Gasteiger partial charge on any atom is 0.191 e. The van der Waals surface area contributed by atoms with Gasteiger partial charge in [-0.15, -0.1) is 0 Å². The van der Waals surface area contributed by atoms with E-state index in [2.05, 4.69) is 29.8 Å². The first-order valence-corrected chi connectivity index (χ1v) is 6.90. The van der Waals surface area contributed by atoms with Crippen molar-refractivity contribution in [3.8, 4) is 5.75 Å². The van der Waals surface area contributed by atoms with E-state index in [0.717, 1.165) is 10.8 Å². The molecule has 4 nitrogen and oxygen atoms in total. The second-order valence-electron chi connectivity index (χ2n) is 5.33. The molecule has 0 bridgehead atoms. The summed E-state index contributed by atoms with van der Waals surface area (Å²) in [6.07, 6.45) is 0.426. The number of rotatable bonds is 4. The van der Waals surface area contributed by atoms with Gasteiger partial charge < -0.3 is 14.2 Å². The van der Waals surface area contributed by atoms with Gasteiger partial charge in [0.25, 0.3) is 0 Å². The van der Waals surface area contributed by atoms with Gasteiger partial charge in [-0.3, -0.25) is 4.79 Å². The van der Waals surface area contributed by atoms with Crippen LogP contribution in [0.3, 0.4) is 0 Å². The van der Waals surface area contributed by atoms with Gasteiger partial charge in [-0.05, 0) is 28.1 Å². The van der Waals surface area contributed by atoms with Crippen molar-refractivity contribution in [3.05, 3.63) is 28.2 Å². The van der Waals surface area contributed by atoms with Crippen LogP contribution in [0.5, 0.6) is 5.75 Å². The van der Waals surface area contributed by atoms with E-state index in [1.54, 1.807) is 18.2 Å². The molecule has 2 rings (SSSR count). The Labute approximate surface area is 121 Å². The van der Waals surface area contributed by atoms with Crippen LogP contribution in [0.25, 0.3) is 0 Å². The van der Waals surface area contributed by atoms with Gasteiger partial charge in [-0.2, -0.15) is 0 Å². The molecule has 1 aromatic rings. The lowest BCUT2D eigenvalue weighted by atomic mass is 9.96. The molecule has 1 aliphatic heterocycles. The van der Waals surface area contributed by atoms with Crippen LogP contribution in [0.2, 0.25) is 0 Å². The van der Waals surface area contributed by atoms with Gasteiger partial charge >= 0.3 is 0 Å². The van der Waals surface area contributed by atoms with Crippen LogP contribution < -0.4 is 4.74 Å². The van der Waals surface area contributed by atoms with Crippen molar-refractivity contribution >= 4 is 22.2 Å². The molecule has 0 amide bonds. The summed E-state index contributed by atoms with van der Waals surface area (Å²) in [6.45, 7) is 5.78. The highest BCUT2D eigenvalue weighted by molar-refractivity contribution is 9.10. The molecule has 0 saturated carbocycles. The van der Waals surface area contributed by atoms with Gasteiger partial charge in [0.1, 0.15) is 18.6 Å². The molecule has 0 aromatic heterocycles. The largest absolute Gasteiger partial charge is 0.487 e. The SMILES string of the molecule is CC1(C)COC(COc2cc(C=O)ccc2Br)OC1. The Morgan fingerprint density at radius 2 is 2.11 bits per heavy atom. The highest BCUT2D eigenvalue weighted by Crippen LogP contribution is 2.27. The molecule has 5 heteroatoms. The van der Waals surface area contributed by atoms with Crippen molar-refractivity contribution in [2.24, 2.45) is 5.41 Å². The molecule has 1 saturated heterocycles. The average molecular weight is 329 g/mol. The number of hydrogen-bond donors (Lipinski definition) is 0. The summed E-state index contributed by atoms with van der Waals surface area (Å²) in [4.78, 5) is 10.7. The van der Waals surface area contributed by atoms with Gasteiger partial charge in [0, 0.05) is 11.0 Å². The van der Waals surface area contributed by atoms with Crippen molar-refractivity contribution in [1.29, 1.82) is 0 Å². The highest BCUT2D eigenvalue weighted by Gasteiger charge is 2.28. The predicted octanol–water partition coefficient (Wildman–Crippen LogP) is 3.04. The third kappa shape index (κ3) is 4.03. The minimum Gasteiger partial charge on any atom is -0.487 e. The minimum atomic E-state index is -0.361. The Hall–Kier alpha value is -0.910. The first kappa shape index (κ1) is 14.5. The second-order valence-corrected chi connectivity index (χ2v) is 6.19. The molecule has 0 unspecified atom stereocenters. The van der Waals surface area contributed by atoms with Crippen LogP contribution in [-0.2, 0) is 9.47 Å². The van der Waals surface area contributed by atoms with Crippen LogP contribution in [0.1, 0.15) is 24.2 Å². The van der Waals surface area contributed by atoms with Crippen molar-refractivity contribution in [2.75, 3.05) is 19.8 Å². The van der Waals surface area contributed by atoms with Crippen LogP contribution in [0, 0.1) is 5.41 Å². The monoisotopic (exact) mass is 328 g/mol. The molecule has 0 atom stereocenters. The Morgan fingerprint density at radius 1 is 1.42 bits per heavy atom. The maximum atomic E-state index is 10.7.